The third-order valence-corrected chi connectivity index (χ3v) is 3.94. The smallest absolute Gasteiger partial charge is 0.183 e. The van der Waals surface area contributed by atoms with Gasteiger partial charge < -0.3 is 4.74 Å². The second-order valence-corrected chi connectivity index (χ2v) is 5.74. The highest BCUT2D eigenvalue weighted by Gasteiger charge is 2.18. The molecule has 0 spiro atoms. The Kier molecular flexibility index (Phi) is 4.58. The fourth-order valence-electron chi connectivity index (χ4n) is 1.96. The van der Waals surface area contributed by atoms with Crippen molar-refractivity contribution in [1.29, 1.82) is 0 Å². The number of likely N-dealkylation sites (N-methyl/N-ethyl adjacent to an activating group) is 1. The molecule has 0 N–H and O–H groups in total. The van der Waals surface area contributed by atoms with Crippen LogP contribution in [0.2, 0.25) is 4.47 Å². The fraction of sp³-hybridized carbons (Fsp3) is 0.727. The molecule has 0 aromatic carbocycles. The van der Waals surface area contributed by atoms with E-state index in [1.54, 1.807) is 11.3 Å². The van der Waals surface area contributed by atoms with Crippen LogP contribution in [-0.2, 0) is 11.3 Å². The predicted octanol–water partition coefficient (Wildman–Crippen LogP) is 2.80. The van der Waals surface area contributed by atoms with Crippen molar-refractivity contribution in [3.8, 4) is 0 Å². The summed E-state index contributed by atoms with van der Waals surface area (Å²) in [4.78, 5) is 7.68. The minimum Gasteiger partial charge on any atom is -0.377 e. The topological polar surface area (TPSA) is 25.4 Å². The Hall–Kier alpha value is -0.160. The van der Waals surface area contributed by atoms with Gasteiger partial charge in [-0.15, -0.1) is 11.3 Å². The highest BCUT2D eigenvalue weighted by Crippen LogP contribution is 2.20. The van der Waals surface area contributed by atoms with Crippen LogP contribution in [0.15, 0.2) is 6.20 Å². The Morgan fingerprint density at radius 2 is 2.56 bits per heavy atom. The van der Waals surface area contributed by atoms with Crippen molar-refractivity contribution < 1.29 is 4.74 Å². The lowest BCUT2D eigenvalue weighted by Gasteiger charge is -2.22. The molecule has 16 heavy (non-hydrogen) atoms. The van der Waals surface area contributed by atoms with Gasteiger partial charge in [-0.1, -0.05) is 18.5 Å². The van der Waals surface area contributed by atoms with Crippen LogP contribution in [0, 0.1) is 0 Å². The zero-order valence-corrected chi connectivity index (χ0v) is 11.1. The van der Waals surface area contributed by atoms with E-state index in [0.717, 1.165) is 26.2 Å². The molecule has 2 heterocycles. The normalized spacial score (nSPS) is 20.8. The van der Waals surface area contributed by atoms with E-state index in [2.05, 4.69) is 16.8 Å². The minimum absolute atomic E-state index is 0.420. The molecule has 1 atom stereocenters. The van der Waals surface area contributed by atoms with Crippen molar-refractivity contribution >= 4 is 22.9 Å². The van der Waals surface area contributed by atoms with E-state index in [-0.39, 0.29) is 0 Å². The lowest BCUT2D eigenvalue weighted by Crippen LogP contribution is -2.31. The van der Waals surface area contributed by atoms with Crippen LogP contribution in [0.5, 0.6) is 0 Å². The van der Waals surface area contributed by atoms with Gasteiger partial charge in [-0.3, -0.25) is 4.90 Å². The van der Waals surface area contributed by atoms with Crippen molar-refractivity contribution in [3.05, 3.63) is 15.5 Å². The van der Waals surface area contributed by atoms with Crippen LogP contribution < -0.4 is 0 Å². The van der Waals surface area contributed by atoms with E-state index >= 15 is 0 Å². The first kappa shape index (κ1) is 12.3. The van der Waals surface area contributed by atoms with Gasteiger partial charge in [-0.2, -0.15) is 0 Å². The summed E-state index contributed by atoms with van der Waals surface area (Å²) in [6, 6.07) is 0. The van der Waals surface area contributed by atoms with E-state index in [9.17, 15) is 0 Å². The molecule has 1 aliphatic heterocycles. The van der Waals surface area contributed by atoms with Gasteiger partial charge in [0.25, 0.3) is 0 Å². The largest absolute Gasteiger partial charge is 0.377 e. The van der Waals surface area contributed by atoms with Gasteiger partial charge in [-0.25, -0.2) is 4.98 Å². The number of thiazole rings is 1. The Morgan fingerprint density at radius 3 is 3.12 bits per heavy atom. The monoisotopic (exact) mass is 260 g/mol. The molecule has 90 valence electrons. The van der Waals surface area contributed by atoms with Gasteiger partial charge >= 0.3 is 0 Å². The van der Waals surface area contributed by atoms with Gasteiger partial charge in [-0.05, 0) is 19.4 Å². The SMILES string of the molecule is CCN(Cc1cnc(Cl)s1)CC1CCCO1. The highest BCUT2D eigenvalue weighted by molar-refractivity contribution is 7.15. The number of hydrogen-bond acceptors (Lipinski definition) is 4. The number of ether oxygens (including phenoxy) is 1. The summed E-state index contributed by atoms with van der Waals surface area (Å²) in [5.41, 5.74) is 0. The number of aromatic nitrogens is 1. The van der Waals surface area contributed by atoms with Crippen LogP contribution in [0.4, 0.5) is 0 Å². The average Bonchev–Trinajstić information content (AvgIpc) is 2.89. The standard InChI is InChI=1S/C11H17ClN2OS/c1-2-14(7-9-4-3-5-15-9)8-10-6-13-11(12)16-10/h6,9H,2-5,7-8H2,1H3. The molecule has 0 saturated carbocycles. The van der Waals surface area contributed by atoms with Crippen LogP contribution in [0.25, 0.3) is 0 Å². The number of hydrogen-bond donors (Lipinski definition) is 0. The Balaban J connectivity index is 1.84. The van der Waals surface area contributed by atoms with Gasteiger partial charge in [0.15, 0.2) is 4.47 Å². The summed E-state index contributed by atoms with van der Waals surface area (Å²) in [7, 11) is 0. The third-order valence-electron chi connectivity index (χ3n) is 2.84. The first-order valence-electron chi connectivity index (χ1n) is 5.72. The van der Waals surface area contributed by atoms with Gasteiger partial charge in [0, 0.05) is 30.8 Å². The van der Waals surface area contributed by atoms with Crippen molar-refractivity contribution in [3.63, 3.8) is 0 Å². The second kappa shape index (κ2) is 5.96. The lowest BCUT2D eigenvalue weighted by molar-refractivity contribution is 0.0728. The first-order valence-corrected chi connectivity index (χ1v) is 6.91. The van der Waals surface area contributed by atoms with E-state index in [1.807, 2.05) is 6.20 Å². The molecule has 0 radical (unpaired) electrons. The summed E-state index contributed by atoms with van der Waals surface area (Å²) in [6.45, 7) is 6.09. The van der Waals surface area contributed by atoms with E-state index in [0.29, 0.717) is 10.6 Å². The summed E-state index contributed by atoms with van der Waals surface area (Å²) >= 11 is 7.38. The zero-order valence-electron chi connectivity index (χ0n) is 9.49. The molecule has 2 rings (SSSR count). The Labute approximate surface area is 105 Å². The molecule has 1 fully saturated rings. The maximum atomic E-state index is 5.82. The molecule has 1 aromatic rings. The van der Waals surface area contributed by atoms with Crippen LogP contribution >= 0.6 is 22.9 Å². The molecule has 1 aromatic heterocycles. The summed E-state index contributed by atoms with van der Waals surface area (Å²) in [6.07, 6.45) is 4.68. The van der Waals surface area contributed by atoms with Crippen molar-refractivity contribution in [1.82, 2.24) is 9.88 Å². The summed E-state index contributed by atoms with van der Waals surface area (Å²) in [5, 5.41) is 0. The van der Waals surface area contributed by atoms with Crippen molar-refractivity contribution in [2.24, 2.45) is 0 Å². The quantitative estimate of drug-likeness (QED) is 0.814. The zero-order chi connectivity index (χ0) is 11.4. The minimum atomic E-state index is 0.420. The predicted molar refractivity (Wildman–Crippen MR) is 67.0 cm³/mol. The van der Waals surface area contributed by atoms with Crippen molar-refractivity contribution in [2.75, 3.05) is 19.7 Å². The van der Waals surface area contributed by atoms with Gasteiger partial charge in [0.1, 0.15) is 0 Å². The third kappa shape index (κ3) is 3.42. The molecular formula is C11H17ClN2OS. The summed E-state index contributed by atoms with van der Waals surface area (Å²) < 4.78 is 6.28. The fourth-order valence-corrected chi connectivity index (χ4v) is 2.98. The molecule has 5 heteroatoms. The summed E-state index contributed by atoms with van der Waals surface area (Å²) in [5.74, 6) is 0. The van der Waals surface area contributed by atoms with E-state index in [4.69, 9.17) is 16.3 Å². The Bertz CT molecular complexity index is 326. The van der Waals surface area contributed by atoms with Crippen LogP contribution in [0.1, 0.15) is 24.6 Å². The first-order chi connectivity index (χ1) is 7.78. The average molecular weight is 261 g/mol. The molecule has 0 bridgehead atoms. The van der Waals surface area contributed by atoms with Gasteiger partial charge in [0.2, 0.25) is 0 Å². The van der Waals surface area contributed by atoms with Crippen LogP contribution in [0.3, 0.4) is 0 Å². The second-order valence-electron chi connectivity index (χ2n) is 4.04. The molecule has 0 aliphatic carbocycles. The maximum absolute atomic E-state index is 5.82. The molecular weight excluding hydrogens is 244 g/mol. The van der Waals surface area contributed by atoms with E-state index < -0.39 is 0 Å². The Morgan fingerprint density at radius 1 is 1.69 bits per heavy atom. The van der Waals surface area contributed by atoms with Gasteiger partial charge in [0.05, 0.1) is 6.10 Å². The molecule has 3 nitrogen and oxygen atoms in total. The van der Waals surface area contributed by atoms with Crippen molar-refractivity contribution in [2.45, 2.75) is 32.4 Å². The highest BCUT2D eigenvalue weighted by atomic mass is 35.5. The van der Waals surface area contributed by atoms with E-state index in [1.165, 1.54) is 17.7 Å². The van der Waals surface area contributed by atoms with Crippen LogP contribution in [-0.4, -0.2) is 35.7 Å². The number of nitrogens with zero attached hydrogens (tertiary/aromatic N) is 2. The molecule has 1 unspecified atom stereocenters. The molecule has 1 aliphatic rings. The lowest BCUT2D eigenvalue weighted by atomic mass is 10.2. The molecule has 1 saturated heterocycles. The molecule has 0 amide bonds. The number of halogens is 1. The maximum Gasteiger partial charge on any atom is 0.183 e. The number of rotatable bonds is 5.